The molecule has 1 aromatic carbocycles. The molecule has 0 fully saturated rings. The van der Waals surface area contributed by atoms with E-state index in [1.165, 1.54) is 12.1 Å². The van der Waals surface area contributed by atoms with Gasteiger partial charge >= 0.3 is 0 Å². The fourth-order valence-electron chi connectivity index (χ4n) is 0.897. The van der Waals surface area contributed by atoms with Crippen molar-refractivity contribution in [2.75, 3.05) is 6.67 Å². The molecule has 0 aliphatic carbocycles. The second-order valence-corrected chi connectivity index (χ2v) is 3.39. The van der Waals surface area contributed by atoms with Gasteiger partial charge in [-0.1, -0.05) is 22.9 Å². The minimum absolute atomic E-state index is 0.346. The molecule has 0 unspecified atom stereocenters. The van der Waals surface area contributed by atoms with Crippen LogP contribution < -0.4 is 0 Å². The number of benzene rings is 1. The third-order valence-electron chi connectivity index (χ3n) is 1.59. The molecular weight excluding hydrogens is 226 g/mol. The highest BCUT2D eigenvalue weighted by atomic mass is 79.9. The quantitative estimate of drug-likeness (QED) is 0.734. The second-order valence-electron chi connectivity index (χ2n) is 2.54. The highest BCUT2D eigenvalue weighted by Crippen LogP contribution is 2.25. The van der Waals surface area contributed by atoms with Crippen LogP contribution in [-0.4, -0.2) is 6.67 Å². The van der Waals surface area contributed by atoms with Gasteiger partial charge in [-0.2, -0.15) is 0 Å². The largest absolute Gasteiger partial charge is 0.250 e. The van der Waals surface area contributed by atoms with Crippen LogP contribution in [0.2, 0.25) is 0 Å². The van der Waals surface area contributed by atoms with Crippen LogP contribution in [0.5, 0.6) is 0 Å². The maximum Gasteiger partial charge on any atom is 0.123 e. The number of rotatable bonds is 2. The predicted octanol–water partition coefficient (Wildman–Crippen LogP) is 3.50. The number of hydrogen-bond donors (Lipinski definition) is 0. The Balaban J connectivity index is 3.04. The topological polar surface area (TPSA) is 0 Å². The van der Waals surface area contributed by atoms with Crippen LogP contribution in [0.25, 0.3) is 0 Å². The standard InChI is InChI=1S/C9H8BrF2/c1-6(5-11)8-4-7(12)2-3-9(8)10/h2-4H,5H2,1H3. The fraction of sp³-hybridized carbons (Fsp3) is 0.222. The SMILES string of the molecule is C[C](CF)c1cc(F)ccc1Br. The van der Waals surface area contributed by atoms with E-state index in [9.17, 15) is 8.78 Å². The van der Waals surface area contributed by atoms with Crippen molar-refractivity contribution in [1.82, 2.24) is 0 Å². The van der Waals surface area contributed by atoms with E-state index in [0.717, 1.165) is 4.47 Å². The van der Waals surface area contributed by atoms with Gasteiger partial charge in [-0.15, -0.1) is 0 Å². The van der Waals surface area contributed by atoms with E-state index in [1.54, 1.807) is 13.0 Å². The average Bonchev–Trinajstić information content (AvgIpc) is 2.08. The second kappa shape index (κ2) is 3.99. The van der Waals surface area contributed by atoms with Gasteiger partial charge in [0.25, 0.3) is 0 Å². The maximum atomic E-state index is 12.7. The fourth-order valence-corrected chi connectivity index (χ4v) is 1.48. The number of hydrogen-bond acceptors (Lipinski definition) is 0. The molecular formula is C9H8BrF2. The van der Waals surface area contributed by atoms with Gasteiger partial charge in [0, 0.05) is 10.4 Å². The van der Waals surface area contributed by atoms with Crippen LogP contribution in [0.1, 0.15) is 12.5 Å². The molecule has 3 heteroatoms. The third-order valence-corrected chi connectivity index (χ3v) is 2.28. The van der Waals surface area contributed by atoms with E-state index < -0.39 is 6.67 Å². The summed E-state index contributed by atoms with van der Waals surface area (Å²) in [6, 6.07) is 4.22. The molecule has 0 nitrogen and oxygen atoms in total. The van der Waals surface area contributed by atoms with Crippen LogP contribution in [0, 0.1) is 11.7 Å². The Kier molecular flexibility index (Phi) is 3.20. The van der Waals surface area contributed by atoms with E-state index in [1.807, 2.05) is 0 Å². The molecule has 0 spiro atoms. The monoisotopic (exact) mass is 233 g/mol. The molecule has 0 heterocycles. The minimum Gasteiger partial charge on any atom is -0.250 e. The predicted molar refractivity (Wildman–Crippen MR) is 48.1 cm³/mol. The van der Waals surface area contributed by atoms with Crippen LogP contribution in [0.15, 0.2) is 22.7 Å². The lowest BCUT2D eigenvalue weighted by atomic mass is 10.0. The molecule has 0 N–H and O–H groups in total. The highest BCUT2D eigenvalue weighted by molar-refractivity contribution is 9.10. The summed E-state index contributed by atoms with van der Waals surface area (Å²) in [5.41, 5.74) is 0.595. The lowest BCUT2D eigenvalue weighted by Crippen LogP contribution is -1.98. The molecule has 0 aromatic heterocycles. The third kappa shape index (κ3) is 2.03. The molecule has 1 rings (SSSR count). The van der Waals surface area contributed by atoms with Crippen molar-refractivity contribution < 1.29 is 8.78 Å². The minimum atomic E-state index is -0.554. The molecule has 0 amide bonds. The van der Waals surface area contributed by atoms with Gasteiger partial charge in [0.2, 0.25) is 0 Å². The van der Waals surface area contributed by atoms with Crippen molar-refractivity contribution in [3.05, 3.63) is 40.0 Å². The van der Waals surface area contributed by atoms with Gasteiger partial charge in [-0.25, -0.2) is 4.39 Å². The number of halogens is 3. The summed E-state index contributed by atoms with van der Waals surface area (Å²) in [6.07, 6.45) is 0. The summed E-state index contributed by atoms with van der Waals surface area (Å²) in [4.78, 5) is 0. The molecule has 0 aliphatic rings. The van der Waals surface area contributed by atoms with E-state index in [4.69, 9.17) is 0 Å². The van der Waals surface area contributed by atoms with Crippen molar-refractivity contribution in [2.24, 2.45) is 0 Å². The lowest BCUT2D eigenvalue weighted by molar-refractivity contribution is 0.514. The Hall–Kier alpha value is -0.440. The van der Waals surface area contributed by atoms with Gasteiger partial charge in [-0.3, -0.25) is 4.39 Å². The summed E-state index contributed by atoms with van der Waals surface area (Å²) in [5.74, 6) is 0.183. The summed E-state index contributed by atoms with van der Waals surface area (Å²) in [6.45, 7) is 1.08. The Morgan fingerprint density at radius 3 is 2.75 bits per heavy atom. The smallest absolute Gasteiger partial charge is 0.123 e. The maximum absolute atomic E-state index is 12.7. The molecule has 65 valence electrons. The average molecular weight is 234 g/mol. The van der Waals surface area contributed by atoms with Crippen LogP contribution in [0.4, 0.5) is 8.78 Å². The van der Waals surface area contributed by atoms with Gasteiger partial charge in [0.15, 0.2) is 0 Å². The van der Waals surface area contributed by atoms with E-state index >= 15 is 0 Å². The molecule has 1 aromatic rings. The molecule has 0 saturated heterocycles. The molecule has 0 atom stereocenters. The highest BCUT2D eigenvalue weighted by Gasteiger charge is 2.10. The summed E-state index contributed by atoms with van der Waals surface area (Å²) in [7, 11) is 0. The Labute approximate surface area is 78.7 Å². The van der Waals surface area contributed by atoms with Crippen molar-refractivity contribution in [1.29, 1.82) is 0 Å². The van der Waals surface area contributed by atoms with Crippen LogP contribution >= 0.6 is 15.9 Å². The Morgan fingerprint density at radius 2 is 2.17 bits per heavy atom. The van der Waals surface area contributed by atoms with Gasteiger partial charge in [0.1, 0.15) is 5.82 Å². The zero-order chi connectivity index (χ0) is 9.14. The van der Waals surface area contributed by atoms with Gasteiger partial charge in [-0.05, 0) is 23.8 Å². The van der Waals surface area contributed by atoms with E-state index in [0.29, 0.717) is 11.5 Å². The van der Waals surface area contributed by atoms with Crippen molar-refractivity contribution in [3.63, 3.8) is 0 Å². The molecule has 0 bridgehead atoms. The van der Waals surface area contributed by atoms with Crippen molar-refractivity contribution in [2.45, 2.75) is 6.92 Å². The van der Waals surface area contributed by atoms with Gasteiger partial charge < -0.3 is 0 Å². The summed E-state index contributed by atoms with van der Waals surface area (Å²) < 4.78 is 25.6. The first-order valence-corrected chi connectivity index (χ1v) is 4.28. The first kappa shape index (κ1) is 9.65. The Morgan fingerprint density at radius 1 is 1.50 bits per heavy atom. The zero-order valence-corrected chi connectivity index (χ0v) is 8.16. The van der Waals surface area contributed by atoms with Crippen molar-refractivity contribution >= 4 is 15.9 Å². The zero-order valence-electron chi connectivity index (χ0n) is 6.57. The van der Waals surface area contributed by atoms with Gasteiger partial charge in [0.05, 0.1) is 6.67 Å². The van der Waals surface area contributed by atoms with Crippen LogP contribution in [-0.2, 0) is 0 Å². The van der Waals surface area contributed by atoms with Crippen LogP contribution in [0.3, 0.4) is 0 Å². The molecule has 0 aliphatic heterocycles. The first-order chi connectivity index (χ1) is 5.65. The van der Waals surface area contributed by atoms with E-state index in [2.05, 4.69) is 15.9 Å². The lowest BCUT2D eigenvalue weighted by Gasteiger charge is -2.08. The molecule has 12 heavy (non-hydrogen) atoms. The normalized spacial score (nSPS) is 10.8. The molecule has 1 radical (unpaired) electrons. The van der Waals surface area contributed by atoms with E-state index in [-0.39, 0.29) is 5.82 Å². The van der Waals surface area contributed by atoms with Crippen molar-refractivity contribution in [3.8, 4) is 0 Å². The molecule has 0 saturated carbocycles. The summed E-state index contributed by atoms with van der Waals surface area (Å²) >= 11 is 3.22. The Bertz CT molecular complexity index is 273. The first-order valence-electron chi connectivity index (χ1n) is 3.49. The summed E-state index contributed by atoms with van der Waals surface area (Å²) in [5, 5.41) is 0. The number of alkyl halides is 1.